The van der Waals surface area contributed by atoms with Crippen LogP contribution in [0, 0.1) is 0 Å². The van der Waals surface area contributed by atoms with Crippen LogP contribution in [0.3, 0.4) is 0 Å². The number of hydrogen-bond acceptors (Lipinski definition) is 3. The molecular weight excluding hydrogens is 232 g/mol. The Balaban J connectivity index is 1.80. The highest BCUT2D eigenvalue weighted by Crippen LogP contribution is 2.09. The molecule has 1 N–H and O–H groups in total. The lowest BCUT2D eigenvalue weighted by molar-refractivity contribution is -0.132. The van der Waals surface area contributed by atoms with Crippen LogP contribution < -0.4 is 5.32 Å². The Morgan fingerprint density at radius 1 is 1.06 bits per heavy atom. The molecule has 2 fully saturated rings. The summed E-state index contributed by atoms with van der Waals surface area (Å²) in [5.74, 6) is 0.0477. The van der Waals surface area contributed by atoms with E-state index < -0.39 is 0 Å². The fourth-order valence-corrected chi connectivity index (χ4v) is 2.43. The zero-order valence-electron chi connectivity index (χ0n) is 11.0. The maximum absolute atomic E-state index is 12.0. The monoisotopic (exact) mass is 254 g/mol. The summed E-state index contributed by atoms with van der Waals surface area (Å²) in [4.78, 5) is 29.2. The molecule has 0 atom stereocenters. The van der Waals surface area contributed by atoms with E-state index in [2.05, 4.69) is 5.32 Å². The predicted octanol–water partition coefficient (Wildman–Crippen LogP) is -0.434. The van der Waals surface area contributed by atoms with Crippen molar-refractivity contribution in [2.45, 2.75) is 12.8 Å². The average molecular weight is 254 g/mol. The SMILES string of the molecule is CN(CC(=O)N1CCNCC1)C(=O)N1CCCC1. The van der Waals surface area contributed by atoms with E-state index in [1.165, 1.54) is 4.90 Å². The predicted molar refractivity (Wildman–Crippen MR) is 68.3 cm³/mol. The number of hydrogen-bond donors (Lipinski definition) is 1. The summed E-state index contributed by atoms with van der Waals surface area (Å²) in [6.07, 6.45) is 2.15. The molecule has 0 bridgehead atoms. The number of rotatable bonds is 2. The van der Waals surface area contributed by atoms with Gasteiger partial charge in [-0.05, 0) is 12.8 Å². The van der Waals surface area contributed by atoms with Crippen molar-refractivity contribution in [2.24, 2.45) is 0 Å². The molecule has 0 aliphatic carbocycles. The van der Waals surface area contributed by atoms with Crippen LogP contribution in [0.2, 0.25) is 0 Å². The van der Waals surface area contributed by atoms with Crippen molar-refractivity contribution >= 4 is 11.9 Å². The molecule has 0 unspecified atom stereocenters. The van der Waals surface area contributed by atoms with E-state index in [1.54, 1.807) is 7.05 Å². The van der Waals surface area contributed by atoms with Crippen molar-refractivity contribution in [3.63, 3.8) is 0 Å². The third kappa shape index (κ3) is 3.13. The number of piperazine rings is 1. The molecule has 0 radical (unpaired) electrons. The third-order valence-electron chi connectivity index (χ3n) is 3.55. The molecule has 2 heterocycles. The highest BCUT2D eigenvalue weighted by Gasteiger charge is 2.24. The van der Waals surface area contributed by atoms with Gasteiger partial charge in [-0.1, -0.05) is 0 Å². The highest BCUT2D eigenvalue weighted by molar-refractivity contribution is 5.84. The smallest absolute Gasteiger partial charge is 0.320 e. The largest absolute Gasteiger partial charge is 0.339 e. The minimum Gasteiger partial charge on any atom is -0.339 e. The molecule has 2 saturated heterocycles. The van der Waals surface area contributed by atoms with Crippen molar-refractivity contribution in [1.82, 2.24) is 20.0 Å². The first-order valence-electron chi connectivity index (χ1n) is 6.67. The summed E-state index contributed by atoms with van der Waals surface area (Å²) in [5.41, 5.74) is 0. The number of carbonyl (C=O) groups excluding carboxylic acids is 2. The Morgan fingerprint density at radius 3 is 2.28 bits per heavy atom. The third-order valence-corrected chi connectivity index (χ3v) is 3.55. The van der Waals surface area contributed by atoms with Gasteiger partial charge in [0.05, 0.1) is 0 Å². The molecule has 6 heteroatoms. The van der Waals surface area contributed by atoms with Crippen molar-refractivity contribution < 1.29 is 9.59 Å². The van der Waals surface area contributed by atoms with E-state index in [0.29, 0.717) is 0 Å². The van der Waals surface area contributed by atoms with Crippen molar-refractivity contribution in [2.75, 3.05) is 52.9 Å². The molecule has 18 heavy (non-hydrogen) atoms. The Kier molecular flexibility index (Phi) is 4.41. The molecule has 102 valence electrons. The summed E-state index contributed by atoms with van der Waals surface area (Å²) in [7, 11) is 1.71. The van der Waals surface area contributed by atoms with Crippen LogP contribution in [0.5, 0.6) is 0 Å². The van der Waals surface area contributed by atoms with Crippen LogP contribution >= 0.6 is 0 Å². The number of nitrogens with one attached hydrogen (secondary N) is 1. The van der Waals surface area contributed by atoms with Gasteiger partial charge < -0.3 is 20.0 Å². The lowest BCUT2D eigenvalue weighted by Crippen LogP contribution is -2.51. The van der Waals surface area contributed by atoms with Gasteiger partial charge in [-0.15, -0.1) is 0 Å². The van der Waals surface area contributed by atoms with Crippen LogP contribution in [-0.2, 0) is 4.79 Å². The molecule has 3 amide bonds. The first kappa shape index (κ1) is 13.1. The molecule has 0 aromatic rings. The number of nitrogens with zero attached hydrogens (tertiary/aromatic N) is 3. The van der Waals surface area contributed by atoms with Gasteiger partial charge >= 0.3 is 6.03 Å². The second-order valence-corrected chi connectivity index (χ2v) is 4.96. The maximum atomic E-state index is 12.0. The Labute approximate surface area is 108 Å². The van der Waals surface area contributed by atoms with E-state index >= 15 is 0 Å². The molecule has 0 aromatic carbocycles. The normalized spacial score (nSPS) is 20.1. The Bertz CT molecular complexity index is 309. The van der Waals surface area contributed by atoms with Gasteiger partial charge in [-0.25, -0.2) is 4.79 Å². The van der Waals surface area contributed by atoms with Crippen molar-refractivity contribution in [3.05, 3.63) is 0 Å². The molecule has 0 aromatic heterocycles. The van der Waals surface area contributed by atoms with Crippen LogP contribution in [0.25, 0.3) is 0 Å². The van der Waals surface area contributed by atoms with E-state index in [4.69, 9.17) is 0 Å². The zero-order valence-corrected chi connectivity index (χ0v) is 11.0. The lowest BCUT2D eigenvalue weighted by atomic mass is 10.3. The van der Waals surface area contributed by atoms with E-state index in [1.807, 2.05) is 9.80 Å². The second kappa shape index (κ2) is 6.04. The quantitative estimate of drug-likeness (QED) is 0.727. The average Bonchev–Trinajstić information content (AvgIpc) is 2.92. The summed E-state index contributed by atoms with van der Waals surface area (Å²) in [5, 5.41) is 3.21. The van der Waals surface area contributed by atoms with Crippen LogP contribution in [0.4, 0.5) is 4.79 Å². The Morgan fingerprint density at radius 2 is 1.67 bits per heavy atom. The number of carbonyl (C=O) groups is 2. The first-order valence-corrected chi connectivity index (χ1v) is 6.67. The second-order valence-electron chi connectivity index (χ2n) is 4.96. The fraction of sp³-hybridized carbons (Fsp3) is 0.833. The van der Waals surface area contributed by atoms with Gasteiger partial charge in [0, 0.05) is 46.3 Å². The van der Waals surface area contributed by atoms with E-state index in [9.17, 15) is 9.59 Å². The molecular formula is C12H22N4O2. The molecule has 2 aliphatic rings. The van der Waals surface area contributed by atoms with Crippen LogP contribution in [0.15, 0.2) is 0 Å². The van der Waals surface area contributed by atoms with Crippen LogP contribution in [0.1, 0.15) is 12.8 Å². The fourth-order valence-electron chi connectivity index (χ4n) is 2.43. The zero-order chi connectivity index (χ0) is 13.0. The highest BCUT2D eigenvalue weighted by atomic mass is 16.2. The molecule has 2 aliphatic heterocycles. The first-order chi connectivity index (χ1) is 8.68. The van der Waals surface area contributed by atoms with Gasteiger partial charge in [-0.3, -0.25) is 4.79 Å². The molecule has 0 saturated carbocycles. The van der Waals surface area contributed by atoms with Crippen molar-refractivity contribution in [1.29, 1.82) is 0 Å². The summed E-state index contributed by atoms with van der Waals surface area (Å²) < 4.78 is 0. The van der Waals surface area contributed by atoms with E-state index in [-0.39, 0.29) is 18.5 Å². The standard InChI is InChI=1S/C12H22N4O2/c1-14(12(18)16-6-2-3-7-16)10-11(17)15-8-4-13-5-9-15/h13H,2-10H2,1H3. The number of likely N-dealkylation sites (tertiary alicyclic amines) is 1. The lowest BCUT2D eigenvalue weighted by Gasteiger charge is -2.30. The summed E-state index contributed by atoms with van der Waals surface area (Å²) in [6, 6.07) is -0.0176. The topological polar surface area (TPSA) is 55.9 Å². The minimum atomic E-state index is -0.0176. The summed E-state index contributed by atoms with van der Waals surface area (Å²) >= 11 is 0. The van der Waals surface area contributed by atoms with Gasteiger partial charge in [0.25, 0.3) is 0 Å². The van der Waals surface area contributed by atoms with E-state index in [0.717, 1.165) is 52.1 Å². The van der Waals surface area contributed by atoms with Gasteiger partial charge in [0.2, 0.25) is 5.91 Å². The van der Waals surface area contributed by atoms with Gasteiger partial charge in [0.15, 0.2) is 0 Å². The van der Waals surface area contributed by atoms with Gasteiger partial charge in [0.1, 0.15) is 6.54 Å². The maximum Gasteiger partial charge on any atom is 0.320 e. The minimum absolute atomic E-state index is 0.0176. The number of likely N-dealkylation sites (N-methyl/N-ethyl adjacent to an activating group) is 1. The molecule has 0 spiro atoms. The Hall–Kier alpha value is -1.30. The number of amides is 3. The summed E-state index contributed by atoms with van der Waals surface area (Å²) in [6.45, 7) is 5.01. The molecule has 6 nitrogen and oxygen atoms in total. The van der Waals surface area contributed by atoms with Crippen molar-refractivity contribution in [3.8, 4) is 0 Å². The van der Waals surface area contributed by atoms with Gasteiger partial charge in [-0.2, -0.15) is 0 Å². The number of urea groups is 1. The van der Waals surface area contributed by atoms with Crippen LogP contribution in [-0.4, -0.2) is 79.5 Å². The molecule has 2 rings (SSSR count).